The summed E-state index contributed by atoms with van der Waals surface area (Å²) in [5.74, 6) is 2.18. The first kappa shape index (κ1) is 18.2. The summed E-state index contributed by atoms with van der Waals surface area (Å²) in [6.45, 7) is 7.75. The molecule has 0 spiro atoms. The molecule has 4 rings (SSSR count). The smallest absolute Gasteiger partial charge is 0.179 e. The monoisotopic (exact) mass is 366 g/mol. The Hall–Kier alpha value is -2.15. The van der Waals surface area contributed by atoms with E-state index in [4.69, 9.17) is 4.74 Å². The van der Waals surface area contributed by atoms with Gasteiger partial charge in [0, 0.05) is 6.54 Å². The van der Waals surface area contributed by atoms with Crippen molar-refractivity contribution in [2.24, 2.45) is 5.92 Å². The SMILES string of the molecule is CC(c1cc(O)c2c(c1)OC(C)(C)C1=C2CN(C#N)CC1)C1CCCCC1. The van der Waals surface area contributed by atoms with Gasteiger partial charge in [0.15, 0.2) is 6.19 Å². The Bertz CT molecular complexity index is 812. The van der Waals surface area contributed by atoms with Gasteiger partial charge in [-0.2, -0.15) is 5.26 Å². The van der Waals surface area contributed by atoms with Crippen LogP contribution in [0.2, 0.25) is 0 Å². The standard InChI is InChI=1S/C23H30N2O2/c1-15(16-7-5-4-6-8-16)17-11-20(26)22-18-13-25(14-24)10-9-19(18)23(2,3)27-21(22)12-17/h11-12,15-16,26H,4-10,13H2,1-3H3. The summed E-state index contributed by atoms with van der Waals surface area (Å²) in [6.07, 6.45) is 9.60. The van der Waals surface area contributed by atoms with Crippen LogP contribution in [0.15, 0.2) is 17.7 Å². The van der Waals surface area contributed by atoms with Crippen LogP contribution in [0.5, 0.6) is 11.5 Å². The predicted octanol–water partition coefficient (Wildman–Crippen LogP) is 5.19. The fourth-order valence-electron chi connectivity index (χ4n) is 5.25. The van der Waals surface area contributed by atoms with E-state index in [1.54, 1.807) is 4.90 Å². The summed E-state index contributed by atoms with van der Waals surface area (Å²) in [4.78, 5) is 1.77. The van der Waals surface area contributed by atoms with Gasteiger partial charge < -0.3 is 14.7 Å². The van der Waals surface area contributed by atoms with Crippen molar-refractivity contribution < 1.29 is 9.84 Å². The van der Waals surface area contributed by atoms with Crippen LogP contribution in [-0.2, 0) is 0 Å². The molecule has 0 amide bonds. The number of fused-ring (bicyclic) bond motifs is 2. The molecule has 1 aromatic carbocycles. The minimum atomic E-state index is -0.400. The summed E-state index contributed by atoms with van der Waals surface area (Å²) in [5, 5.41) is 20.3. The van der Waals surface area contributed by atoms with Gasteiger partial charge >= 0.3 is 0 Å². The number of ether oxygens (including phenoxy) is 1. The van der Waals surface area contributed by atoms with E-state index >= 15 is 0 Å². The maximum absolute atomic E-state index is 10.9. The maximum Gasteiger partial charge on any atom is 0.179 e. The number of rotatable bonds is 2. The number of hydrogen-bond donors (Lipinski definition) is 1. The molecule has 1 fully saturated rings. The molecule has 1 aromatic rings. The minimum Gasteiger partial charge on any atom is -0.507 e. The summed E-state index contributed by atoms with van der Waals surface area (Å²) in [6, 6.07) is 4.08. The zero-order valence-electron chi connectivity index (χ0n) is 16.7. The summed E-state index contributed by atoms with van der Waals surface area (Å²) in [5.41, 5.74) is 3.85. The molecule has 1 N–H and O–H groups in total. The van der Waals surface area contributed by atoms with E-state index in [9.17, 15) is 10.4 Å². The molecule has 1 atom stereocenters. The van der Waals surface area contributed by atoms with Gasteiger partial charge in [0.25, 0.3) is 0 Å². The highest BCUT2D eigenvalue weighted by Crippen LogP contribution is 2.49. The number of nitriles is 1. The first-order valence-electron chi connectivity index (χ1n) is 10.3. The van der Waals surface area contributed by atoms with Gasteiger partial charge in [-0.25, -0.2) is 0 Å². The normalized spacial score (nSPS) is 23.1. The Morgan fingerprint density at radius 3 is 2.70 bits per heavy atom. The van der Waals surface area contributed by atoms with E-state index in [0.29, 0.717) is 24.1 Å². The minimum absolute atomic E-state index is 0.299. The molecule has 4 nitrogen and oxygen atoms in total. The Kier molecular flexibility index (Phi) is 4.58. The predicted molar refractivity (Wildman–Crippen MR) is 107 cm³/mol. The van der Waals surface area contributed by atoms with Gasteiger partial charge in [-0.05, 0) is 73.8 Å². The van der Waals surface area contributed by atoms with Crippen molar-refractivity contribution in [3.63, 3.8) is 0 Å². The third-order valence-electron chi connectivity index (χ3n) is 6.87. The fourth-order valence-corrected chi connectivity index (χ4v) is 5.25. The number of phenols is 1. The van der Waals surface area contributed by atoms with E-state index in [1.807, 2.05) is 6.07 Å². The molecule has 1 aliphatic carbocycles. The lowest BCUT2D eigenvalue weighted by atomic mass is 9.76. The Balaban J connectivity index is 1.75. The van der Waals surface area contributed by atoms with E-state index < -0.39 is 5.60 Å². The number of benzene rings is 1. The van der Waals surface area contributed by atoms with Crippen LogP contribution in [-0.4, -0.2) is 28.7 Å². The van der Waals surface area contributed by atoms with Crippen LogP contribution in [0.4, 0.5) is 0 Å². The molecule has 1 saturated carbocycles. The zero-order valence-corrected chi connectivity index (χ0v) is 16.7. The first-order valence-corrected chi connectivity index (χ1v) is 10.3. The van der Waals surface area contributed by atoms with Gasteiger partial charge in [-0.15, -0.1) is 0 Å². The molecular weight excluding hydrogens is 336 g/mol. The highest BCUT2D eigenvalue weighted by atomic mass is 16.5. The van der Waals surface area contributed by atoms with Crippen LogP contribution in [0, 0.1) is 17.4 Å². The molecule has 2 heterocycles. The average Bonchev–Trinajstić information content (AvgIpc) is 2.66. The first-order chi connectivity index (χ1) is 12.9. The van der Waals surface area contributed by atoms with Crippen LogP contribution in [0.3, 0.4) is 0 Å². The fraction of sp³-hybridized carbons (Fsp3) is 0.609. The molecular formula is C23H30N2O2. The highest BCUT2D eigenvalue weighted by molar-refractivity contribution is 5.82. The second-order valence-corrected chi connectivity index (χ2v) is 8.94. The molecule has 27 heavy (non-hydrogen) atoms. The summed E-state index contributed by atoms with van der Waals surface area (Å²) >= 11 is 0. The van der Waals surface area contributed by atoms with E-state index in [2.05, 4.69) is 33.0 Å². The van der Waals surface area contributed by atoms with E-state index in [1.165, 1.54) is 43.2 Å². The lowest BCUT2D eigenvalue weighted by Crippen LogP contribution is -2.41. The molecule has 0 saturated heterocycles. The number of aromatic hydroxyl groups is 1. The Morgan fingerprint density at radius 1 is 1.26 bits per heavy atom. The molecule has 1 unspecified atom stereocenters. The largest absolute Gasteiger partial charge is 0.507 e. The summed E-state index contributed by atoms with van der Waals surface area (Å²) in [7, 11) is 0. The molecule has 4 heteroatoms. The van der Waals surface area contributed by atoms with Crippen LogP contribution < -0.4 is 4.74 Å². The van der Waals surface area contributed by atoms with Crippen LogP contribution >= 0.6 is 0 Å². The second kappa shape index (κ2) is 6.78. The molecule has 0 radical (unpaired) electrons. The van der Waals surface area contributed by atoms with E-state index in [-0.39, 0.29) is 0 Å². The lowest BCUT2D eigenvalue weighted by Gasteiger charge is -2.41. The van der Waals surface area contributed by atoms with Crippen LogP contribution in [0.25, 0.3) is 5.57 Å². The topological polar surface area (TPSA) is 56.5 Å². The summed E-state index contributed by atoms with van der Waals surface area (Å²) < 4.78 is 6.40. The molecule has 3 aliphatic rings. The zero-order chi connectivity index (χ0) is 19.2. The third kappa shape index (κ3) is 3.18. The van der Waals surface area contributed by atoms with Crippen molar-refractivity contribution in [2.75, 3.05) is 13.1 Å². The number of hydrogen-bond acceptors (Lipinski definition) is 4. The Labute approximate surface area is 162 Å². The third-order valence-corrected chi connectivity index (χ3v) is 6.87. The van der Waals surface area contributed by atoms with Crippen molar-refractivity contribution >= 4 is 5.57 Å². The molecule has 0 bridgehead atoms. The lowest BCUT2D eigenvalue weighted by molar-refractivity contribution is 0.133. The maximum atomic E-state index is 10.9. The van der Waals surface area contributed by atoms with Crippen molar-refractivity contribution in [3.8, 4) is 17.7 Å². The van der Waals surface area contributed by atoms with Gasteiger partial charge in [0.2, 0.25) is 0 Å². The van der Waals surface area contributed by atoms with Crippen molar-refractivity contribution in [1.82, 2.24) is 4.90 Å². The number of phenolic OH excluding ortho intramolecular Hbond substituents is 1. The molecule has 0 aromatic heterocycles. The molecule has 2 aliphatic heterocycles. The number of nitrogens with zero attached hydrogens (tertiary/aromatic N) is 2. The van der Waals surface area contributed by atoms with Gasteiger partial charge in [0.05, 0.1) is 12.1 Å². The quantitative estimate of drug-likeness (QED) is 0.732. The molecule has 144 valence electrons. The van der Waals surface area contributed by atoms with Gasteiger partial charge in [0.1, 0.15) is 17.1 Å². The van der Waals surface area contributed by atoms with E-state index in [0.717, 1.165) is 29.9 Å². The Morgan fingerprint density at radius 2 is 2.00 bits per heavy atom. The second-order valence-electron chi connectivity index (χ2n) is 8.94. The van der Waals surface area contributed by atoms with Crippen molar-refractivity contribution in [3.05, 3.63) is 28.8 Å². The average molecular weight is 367 g/mol. The highest BCUT2D eigenvalue weighted by Gasteiger charge is 2.39. The van der Waals surface area contributed by atoms with Crippen LogP contribution in [0.1, 0.15) is 76.3 Å². The van der Waals surface area contributed by atoms with Gasteiger partial charge in [-0.3, -0.25) is 0 Å². The van der Waals surface area contributed by atoms with Crippen molar-refractivity contribution in [2.45, 2.75) is 70.8 Å². The van der Waals surface area contributed by atoms with Gasteiger partial charge in [-0.1, -0.05) is 26.2 Å². The van der Waals surface area contributed by atoms with Crippen molar-refractivity contribution in [1.29, 1.82) is 5.26 Å².